The van der Waals surface area contributed by atoms with Crippen molar-refractivity contribution < 1.29 is 18.0 Å². The fourth-order valence-corrected chi connectivity index (χ4v) is 2.61. The zero-order chi connectivity index (χ0) is 16.5. The van der Waals surface area contributed by atoms with E-state index in [0.29, 0.717) is 12.4 Å². The summed E-state index contributed by atoms with van der Waals surface area (Å²) in [6.07, 6.45) is 0.780. The molecule has 0 radical (unpaired) electrons. The summed E-state index contributed by atoms with van der Waals surface area (Å²) in [5.74, 6) is 0.431. The minimum absolute atomic E-state index is 0.155. The van der Waals surface area contributed by atoms with Gasteiger partial charge < -0.3 is 10.3 Å². The van der Waals surface area contributed by atoms with Crippen LogP contribution in [-0.4, -0.2) is 22.4 Å². The van der Waals surface area contributed by atoms with Crippen LogP contribution in [0.5, 0.6) is 0 Å². The number of carbonyl (C=O) groups is 1. The lowest BCUT2D eigenvalue weighted by molar-refractivity contribution is -0.137. The van der Waals surface area contributed by atoms with Gasteiger partial charge in [0.1, 0.15) is 5.82 Å². The molecule has 1 amide bonds. The SMILES string of the molecule is O=C(Cc1ncc[nH]1)NCC1(c2ccc(C(F)(F)F)cc2)CC1. The van der Waals surface area contributed by atoms with Crippen molar-refractivity contribution in [2.24, 2.45) is 0 Å². The van der Waals surface area contributed by atoms with E-state index in [0.717, 1.165) is 30.5 Å². The Morgan fingerprint density at radius 2 is 1.96 bits per heavy atom. The van der Waals surface area contributed by atoms with Crippen LogP contribution < -0.4 is 5.32 Å². The van der Waals surface area contributed by atoms with E-state index in [9.17, 15) is 18.0 Å². The van der Waals surface area contributed by atoms with Crippen molar-refractivity contribution in [2.45, 2.75) is 30.9 Å². The molecule has 1 aromatic carbocycles. The molecule has 0 spiro atoms. The number of H-pyrrole nitrogens is 1. The normalized spacial score (nSPS) is 16.1. The Labute approximate surface area is 131 Å². The van der Waals surface area contributed by atoms with Gasteiger partial charge in [0.15, 0.2) is 0 Å². The van der Waals surface area contributed by atoms with Gasteiger partial charge in [0, 0.05) is 24.4 Å². The van der Waals surface area contributed by atoms with Crippen LogP contribution >= 0.6 is 0 Å². The van der Waals surface area contributed by atoms with Gasteiger partial charge in [-0.2, -0.15) is 13.2 Å². The van der Waals surface area contributed by atoms with Crippen LogP contribution in [0.4, 0.5) is 13.2 Å². The number of rotatable bonds is 5. The average molecular weight is 323 g/mol. The van der Waals surface area contributed by atoms with Crippen molar-refractivity contribution in [3.63, 3.8) is 0 Å². The first kappa shape index (κ1) is 15.6. The number of alkyl halides is 3. The molecule has 3 rings (SSSR count). The van der Waals surface area contributed by atoms with E-state index in [1.165, 1.54) is 12.1 Å². The molecule has 1 aromatic heterocycles. The molecule has 23 heavy (non-hydrogen) atoms. The Morgan fingerprint density at radius 3 is 2.48 bits per heavy atom. The molecule has 0 unspecified atom stereocenters. The van der Waals surface area contributed by atoms with Crippen LogP contribution in [0.25, 0.3) is 0 Å². The lowest BCUT2D eigenvalue weighted by Crippen LogP contribution is -2.33. The van der Waals surface area contributed by atoms with Crippen molar-refractivity contribution in [3.8, 4) is 0 Å². The zero-order valence-corrected chi connectivity index (χ0v) is 12.3. The molecule has 1 heterocycles. The van der Waals surface area contributed by atoms with Crippen molar-refractivity contribution in [2.75, 3.05) is 6.54 Å². The lowest BCUT2D eigenvalue weighted by atomic mass is 9.94. The minimum atomic E-state index is -4.33. The number of hydrogen-bond acceptors (Lipinski definition) is 2. The van der Waals surface area contributed by atoms with Crippen LogP contribution in [0, 0.1) is 0 Å². The molecule has 122 valence electrons. The molecule has 0 atom stereocenters. The second kappa shape index (κ2) is 5.72. The molecule has 2 aromatic rings. The highest BCUT2D eigenvalue weighted by Gasteiger charge is 2.44. The summed E-state index contributed by atoms with van der Waals surface area (Å²) in [5.41, 5.74) is -0.0501. The van der Waals surface area contributed by atoms with Crippen LogP contribution in [0.3, 0.4) is 0 Å². The summed E-state index contributed by atoms with van der Waals surface area (Å²) in [6.45, 7) is 0.428. The van der Waals surface area contributed by atoms with Crippen LogP contribution in [0.15, 0.2) is 36.7 Å². The third-order valence-corrected chi connectivity index (χ3v) is 4.18. The van der Waals surface area contributed by atoms with Crippen LogP contribution in [0.2, 0.25) is 0 Å². The van der Waals surface area contributed by atoms with Crippen molar-refractivity contribution in [1.82, 2.24) is 15.3 Å². The molecular formula is C16H16F3N3O. The van der Waals surface area contributed by atoms with Gasteiger partial charge in [0.05, 0.1) is 12.0 Å². The average Bonchev–Trinajstić information content (AvgIpc) is 3.14. The first-order chi connectivity index (χ1) is 10.9. The van der Waals surface area contributed by atoms with Gasteiger partial charge in [-0.15, -0.1) is 0 Å². The largest absolute Gasteiger partial charge is 0.416 e. The number of aromatic amines is 1. The predicted molar refractivity (Wildman–Crippen MR) is 77.7 cm³/mol. The fourth-order valence-electron chi connectivity index (χ4n) is 2.61. The number of carbonyl (C=O) groups excluding carboxylic acids is 1. The number of nitrogens with zero attached hydrogens (tertiary/aromatic N) is 1. The maximum absolute atomic E-state index is 12.6. The van der Waals surface area contributed by atoms with Crippen molar-refractivity contribution in [3.05, 3.63) is 53.6 Å². The molecule has 1 saturated carbocycles. The highest BCUT2D eigenvalue weighted by molar-refractivity contribution is 5.77. The Bertz CT molecular complexity index is 674. The van der Waals surface area contributed by atoms with Gasteiger partial charge in [-0.1, -0.05) is 12.1 Å². The smallest absolute Gasteiger partial charge is 0.355 e. The van der Waals surface area contributed by atoms with Gasteiger partial charge in [0.25, 0.3) is 0 Å². The number of halogens is 3. The van der Waals surface area contributed by atoms with Gasteiger partial charge in [0.2, 0.25) is 5.91 Å². The van der Waals surface area contributed by atoms with E-state index in [2.05, 4.69) is 15.3 Å². The molecule has 1 fully saturated rings. The summed E-state index contributed by atoms with van der Waals surface area (Å²) < 4.78 is 37.8. The second-order valence-corrected chi connectivity index (χ2v) is 5.84. The van der Waals surface area contributed by atoms with E-state index in [1.54, 1.807) is 12.4 Å². The van der Waals surface area contributed by atoms with Gasteiger partial charge in [-0.25, -0.2) is 4.98 Å². The van der Waals surface area contributed by atoms with Crippen LogP contribution in [-0.2, 0) is 22.8 Å². The number of benzene rings is 1. The third kappa shape index (κ3) is 3.55. The molecule has 1 aliphatic carbocycles. The van der Waals surface area contributed by atoms with Gasteiger partial charge >= 0.3 is 6.18 Å². The maximum Gasteiger partial charge on any atom is 0.416 e. The van der Waals surface area contributed by atoms with E-state index in [-0.39, 0.29) is 17.7 Å². The number of imidazole rings is 1. The summed E-state index contributed by atoms with van der Waals surface area (Å²) in [4.78, 5) is 18.7. The van der Waals surface area contributed by atoms with E-state index in [1.807, 2.05) is 0 Å². The van der Waals surface area contributed by atoms with Crippen LogP contribution in [0.1, 0.15) is 29.8 Å². The summed E-state index contributed by atoms with van der Waals surface area (Å²) in [5, 5.41) is 2.85. The number of amides is 1. The van der Waals surface area contributed by atoms with Gasteiger partial charge in [-0.05, 0) is 30.5 Å². The summed E-state index contributed by atoms with van der Waals surface area (Å²) in [7, 11) is 0. The first-order valence-electron chi connectivity index (χ1n) is 7.32. The van der Waals surface area contributed by atoms with Crippen molar-refractivity contribution in [1.29, 1.82) is 0 Å². The number of hydrogen-bond donors (Lipinski definition) is 2. The molecule has 0 bridgehead atoms. The summed E-state index contributed by atoms with van der Waals surface area (Å²) >= 11 is 0. The molecule has 7 heteroatoms. The topological polar surface area (TPSA) is 57.8 Å². The molecule has 2 N–H and O–H groups in total. The van der Waals surface area contributed by atoms with E-state index in [4.69, 9.17) is 0 Å². The lowest BCUT2D eigenvalue weighted by Gasteiger charge is -2.17. The standard InChI is InChI=1S/C16H16F3N3O/c17-16(18,19)12-3-1-11(2-4-12)15(5-6-15)10-22-14(23)9-13-20-7-8-21-13/h1-4,7-8H,5-6,9-10H2,(H,20,21)(H,22,23). The predicted octanol–water partition coefficient (Wildman–Crippen LogP) is 2.82. The Balaban J connectivity index is 1.60. The quantitative estimate of drug-likeness (QED) is 0.889. The fraction of sp³-hybridized carbons (Fsp3) is 0.375. The monoisotopic (exact) mass is 323 g/mol. The maximum atomic E-state index is 12.6. The van der Waals surface area contributed by atoms with Crippen molar-refractivity contribution >= 4 is 5.91 Å². The van der Waals surface area contributed by atoms with E-state index >= 15 is 0 Å². The Kier molecular flexibility index (Phi) is 3.87. The molecule has 0 aliphatic heterocycles. The Hall–Kier alpha value is -2.31. The molecule has 4 nitrogen and oxygen atoms in total. The second-order valence-electron chi connectivity index (χ2n) is 5.84. The molecular weight excluding hydrogens is 307 g/mol. The minimum Gasteiger partial charge on any atom is -0.355 e. The third-order valence-electron chi connectivity index (χ3n) is 4.18. The van der Waals surface area contributed by atoms with E-state index < -0.39 is 11.7 Å². The highest BCUT2D eigenvalue weighted by atomic mass is 19.4. The highest BCUT2D eigenvalue weighted by Crippen LogP contribution is 2.48. The Morgan fingerprint density at radius 1 is 1.26 bits per heavy atom. The molecule has 1 aliphatic rings. The summed E-state index contributed by atoms with van der Waals surface area (Å²) in [6, 6.07) is 5.21. The zero-order valence-electron chi connectivity index (χ0n) is 12.3. The first-order valence-corrected chi connectivity index (χ1v) is 7.32. The molecule has 0 saturated heterocycles. The number of aromatic nitrogens is 2. The van der Waals surface area contributed by atoms with Gasteiger partial charge in [-0.3, -0.25) is 4.79 Å². The number of nitrogens with one attached hydrogen (secondary N) is 2.